The fourth-order valence-corrected chi connectivity index (χ4v) is 2.11. The van der Waals surface area contributed by atoms with Gasteiger partial charge in [0.05, 0.1) is 26.9 Å². The second kappa shape index (κ2) is 8.52. The summed E-state index contributed by atoms with van der Waals surface area (Å²) < 4.78 is 14.8. The Hall–Kier alpha value is -3.55. The molecule has 0 bridgehead atoms. The van der Waals surface area contributed by atoms with Gasteiger partial charge in [0.1, 0.15) is 0 Å². The lowest BCUT2D eigenvalue weighted by Gasteiger charge is -2.11. The number of hydrogen-bond acceptors (Lipinski definition) is 6. The van der Waals surface area contributed by atoms with Crippen LogP contribution in [0.25, 0.3) is 0 Å². The molecule has 0 atom stereocenters. The van der Waals surface area contributed by atoms with Crippen molar-refractivity contribution in [3.05, 3.63) is 59.2 Å². The first kappa shape index (κ1) is 18.8. The lowest BCUT2D eigenvalue weighted by atomic mass is 10.1. The fourth-order valence-electron chi connectivity index (χ4n) is 2.11. The van der Waals surface area contributed by atoms with E-state index in [9.17, 15) is 14.4 Å². The molecule has 0 radical (unpaired) electrons. The molecule has 0 spiro atoms. The van der Waals surface area contributed by atoms with Crippen LogP contribution in [0.3, 0.4) is 0 Å². The second-order valence-corrected chi connectivity index (χ2v) is 5.05. The molecule has 0 fully saturated rings. The van der Waals surface area contributed by atoms with E-state index in [1.807, 2.05) is 0 Å². The largest absolute Gasteiger partial charge is 0.493 e. The van der Waals surface area contributed by atoms with Gasteiger partial charge in [-0.05, 0) is 42.5 Å². The van der Waals surface area contributed by atoms with Crippen molar-refractivity contribution in [1.29, 1.82) is 0 Å². The first-order valence-electron chi connectivity index (χ1n) is 7.51. The zero-order valence-electron chi connectivity index (χ0n) is 14.5. The van der Waals surface area contributed by atoms with Crippen LogP contribution in [0.4, 0.5) is 0 Å². The Balaban J connectivity index is 2.00. The van der Waals surface area contributed by atoms with E-state index in [2.05, 4.69) is 15.6 Å². The third-order valence-electron chi connectivity index (χ3n) is 3.50. The molecule has 8 nitrogen and oxygen atoms in total. The first-order chi connectivity index (χ1) is 12.5. The number of benzene rings is 2. The third kappa shape index (κ3) is 4.29. The molecule has 26 heavy (non-hydrogen) atoms. The molecule has 0 heterocycles. The van der Waals surface area contributed by atoms with Gasteiger partial charge in [-0.15, -0.1) is 0 Å². The predicted octanol–water partition coefficient (Wildman–Crippen LogP) is 1.57. The average molecular weight is 358 g/mol. The summed E-state index contributed by atoms with van der Waals surface area (Å²) in [6, 6.07) is 10.4. The van der Waals surface area contributed by atoms with Gasteiger partial charge in [0.15, 0.2) is 11.5 Å². The second-order valence-electron chi connectivity index (χ2n) is 5.05. The van der Waals surface area contributed by atoms with Gasteiger partial charge >= 0.3 is 5.97 Å². The van der Waals surface area contributed by atoms with Crippen molar-refractivity contribution in [2.45, 2.75) is 0 Å². The van der Waals surface area contributed by atoms with Crippen LogP contribution in [0.5, 0.6) is 11.5 Å². The summed E-state index contributed by atoms with van der Waals surface area (Å²) >= 11 is 0. The Morgan fingerprint density at radius 1 is 0.692 bits per heavy atom. The number of rotatable bonds is 5. The van der Waals surface area contributed by atoms with E-state index in [1.165, 1.54) is 57.7 Å². The number of methoxy groups -OCH3 is 3. The van der Waals surface area contributed by atoms with E-state index in [-0.39, 0.29) is 11.1 Å². The highest BCUT2D eigenvalue weighted by Crippen LogP contribution is 2.27. The van der Waals surface area contributed by atoms with E-state index in [0.717, 1.165) is 0 Å². The highest BCUT2D eigenvalue weighted by atomic mass is 16.5. The standard InChI is InChI=1S/C18H18N2O6/c1-24-14-9-8-13(10-15(14)25-2)17(22)20-19-16(21)11-4-6-12(7-5-11)18(23)26-3/h4-10H,1-3H3,(H,19,21)(H,20,22). The molecule has 2 aromatic carbocycles. The van der Waals surface area contributed by atoms with Crippen molar-refractivity contribution in [3.8, 4) is 11.5 Å². The first-order valence-corrected chi connectivity index (χ1v) is 7.51. The molecular weight excluding hydrogens is 340 g/mol. The Labute approximate surface area is 150 Å². The Bertz CT molecular complexity index is 817. The molecule has 2 N–H and O–H groups in total. The van der Waals surface area contributed by atoms with Gasteiger partial charge in [-0.2, -0.15) is 0 Å². The normalized spacial score (nSPS) is 9.81. The van der Waals surface area contributed by atoms with Crippen LogP contribution in [-0.2, 0) is 4.74 Å². The van der Waals surface area contributed by atoms with Gasteiger partial charge in [-0.3, -0.25) is 20.4 Å². The van der Waals surface area contributed by atoms with Crippen LogP contribution in [0.15, 0.2) is 42.5 Å². The number of hydrazine groups is 1. The van der Waals surface area contributed by atoms with Gasteiger partial charge < -0.3 is 14.2 Å². The van der Waals surface area contributed by atoms with E-state index in [0.29, 0.717) is 17.1 Å². The van der Waals surface area contributed by atoms with Crippen LogP contribution in [-0.4, -0.2) is 39.1 Å². The Kier molecular flexibility index (Phi) is 6.15. The van der Waals surface area contributed by atoms with Gasteiger partial charge in [0, 0.05) is 11.1 Å². The maximum Gasteiger partial charge on any atom is 0.337 e. The van der Waals surface area contributed by atoms with E-state index in [1.54, 1.807) is 6.07 Å². The zero-order valence-corrected chi connectivity index (χ0v) is 14.5. The molecule has 2 rings (SSSR count). The van der Waals surface area contributed by atoms with Crippen molar-refractivity contribution in [2.75, 3.05) is 21.3 Å². The van der Waals surface area contributed by atoms with Crippen molar-refractivity contribution >= 4 is 17.8 Å². The van der Waals surface area contributed by atoms with E-state index in [4.69, 9.17) is 9.47 Å². The molecule has 0 saturated carbocycles. The lowest BCUT2D eigenvalue weighted by molar-refractivity contribution is 0.0600. The molecule has 0 aliphatic carbocycles. The summed E-state index contributed by atoms with van der Waals surface area (Å²) in [5.41, 5.74) is 5.48. The minimum absolute atomic E-state index is 0.269. The molecule has 2 aromatic rings. The number of amides is 2. The van der Waals surface area contributed by atoms with Crippen LogP contribution < -0.4 is 20.3 Å². The van der Waals surface area contributed by atoms with Gasteiger partial charge in [0.25, 0.3) is 11.8 Å². The van der Waals surface area contributed by atoms with Crippen LogP contribution in [0, 0.1) is 0 Å². The van der Waals surface area contributed by atoms with Crippen LogP contribution >= 0.6 is 0 Å². The zero-order chi connectivity index (χ0) is 19.1. The third-order valence-corrected chi connectivity index (χ3v) is 3.50. The Morgan fingerprint density at radius 2 is 1.19 bits per heavy atom. The Morgan fingerprint density at radius 3 is 1.73 bits per heavy atom. The number of hydrogen-bond donors (Lipinski definition) is 2. The smallest absolute Gasteiger partial charge is 0.337 e. The minimum Gasteiger partial charge on any atom is -0.493 e. The van der Waals surface area contributed by atoms with E-state index >= 15 is 0 Å². The van der Waals surface area contributed by atoms with Gasteiger partial charge in [0.2, 0.25) is 0 Å². The highest BCUT2D eigenvalue weighted by Gasteiger charge is 2.13. The van der Waals surface area contributed by atoms with Crippen molar-refractivity contribution in [2.24, 2.45) is 0 Å². The lowest BCUT2D eigenvalue weighted by Crippen LogP contribution is -2.41. The number of esters is 1. The van der Waals surface area contributed by atoms with Crippen molar-refractivity contribution in [1.82, 2.24) is 10.9 Å². The summed E-state index contributed by atoms with van der Waals surface area (Å²) in [5.74, 6) is -0.678. The van der Waals surface area contributed by atoms with Crippen molar-refractivity contribution < 1.29 is 28.6 Å². The average Bonchev–Trinajstić information content (AvgIpc) is 2.70. The molecule has 2 amide bonds. The minimum atomic E-state index is -0.532. The maximum absolute atomic E-state index is 12.1. The van der Waals surface area contributed by atoms with E-state index < -0.39 is 17.8 Å². The summed E-state index contributed by atoms with van der Waals surface area (Å²) in [7, 11) is 4.22. The number of nitrogens with one attached hydrogen (secondary N) is 2. The topological polar surface area (TPSA) is 103 Å². The maximum atomic E-state index is 12.1. The summed E-state index contributed by atoms with van der Waals surface area (Å²) in [6.45, 7) is 0. The monoisotopic (exact) mass is 358 g/mol. The predicted molar refractivity (Wildman–Crippen MR) is 92.3 cm³/mol. The van der Waals surface area contributed by atoms with Crippen LogP contribution in [0.1, 0.15) is 31.1 Å². The molecule has 0 aliphatic rings. The van der Waals surface area contributed by atoms with Crippen molar-refractivity contribution in [3.63, 3.8) is 0 Å². The molecule has 0 aliphatic heterocycles. The quantitative estimate of drug-likeness (QED) is 0.621. The number of ether oxygens (including phenoxy) is 3. The SMILES string of the molecule is COC(=O)c1ccc(C(=O)NNC(=O)c2ccc(OC)c(OC)c2)cc1. The summed E-state index contributed by atoms with van der Waals surface area (Å²) in [6.07, 6.45) is 0. The molecule has 0 unspecified atom stereocenters. The molecular formula is C18H18N2O6. The molecule has 136 valence electrons. The summed E-state index contributed by atoms with van der Waals surface area (Å²) in [5, 5.41) is 0. The highest BCUT2D eigenvalue weighted by molar-refractivity contribution is 6.00. The fraction of sp³-hybridized carbons (Fsp3) is 0.167. The molecule has 8 heteroatoms. The van der Waals surface area contributed by atoms with Gasteiger partial charge in [-0.1, -0.05) is 0 Å². The van der Waals surface area contributed by atoms with Crippen LogP contribution in [0.2, 0.25) is 0 Å². The molecule has 0 saturated heterocycles. The number of carbonyl (C=O) groups excluding carboxylic acids is 3. The molecule has 0 aromatic heterocycles. The summed E-state index contributed by atoms with van der Waals surface area (Å²) in [4.78, 5) is 35.6. The number of carbonyl (C=O) groups is 3. The van der Waals surface area contributed by atoms with Gasteiger partial charge in [-0.25, -0.2) is 4.79 Å².